The summed E-state index contributed by atoms with van der Waals surface area (Å²) < 4.78 is 36.6. The van der Waals surface area contributed by atoms with Gasteiger partial charge in [0.15, 0.2) is 5.94 Å². The molecule has 1 aliphatic heterocycles. The Kier molecular flexibility index (Phi) is 5.30. The lowest BCUT2D eigenvalue weighted by atomic mass is 10.0. The van der Waals surface area contributed by atoms with Gasteiger partial charge in [-0.05, 0) is 49.8 Å². The van der Waals surface area contributed by atoms with Gasteiger partial charge in [0, 0.05) is 36.0 Å². The highest BCUT2D eigenvalue weighted by Gasteiger charge is 2.25. The quantitative estimate of drug-likeness (QED) is 0.693. The van der Waals surface area contributed by atoms with E-state index in [1.165, 1.54) is 0 Å². The Labute approximate surface area is 160 Å². The maximum absolute atomic E-state index is 12.8. The molecule has 1 aliphatic carbocycles. The summed E-state index contributed by atoms with van der Waals surface area (Å²) in [6.45, 7) is 3.37. The second-order valence-electron chi connectivity index (χ2n) is 7.52. The molecule has 1 unspecified atom stereocenters. The smallest absolute Gasteiger partial charge is 0.202 e. The average Bonchev–Trinajstić information content (AvgIpc) is 3.43. The van der Waals surface area contributed by atoms with Crippen LogP contribution in [0, 0.1) is 12.8 Å². The van der Waals surface area contributed by atoms with E-state index < -0.39 is 9.84 Å². The van der Waals surface area contributed by atoms with E-state index in [9.17, 15) is 8.42 Å². The van der Waals surface area contributed by atoms with Gasteiger partial charge in [-0.25, -0.2) is 8.42 Å². The topological polar surface area (TPSA) is 65.5 Å². The van der Waals surface area contributed by atoms with Crippen molar-refractivity contribution in [1.29, 1.82) is 0 Å². The third kappa shape index (κ3) is 4.39. The van der Waals surface area contributed by atoms with E-state index in [0.29, 0.717) is 23.0 Å². The first-order valence-electron chi connectivity index (χ1n) is 9.50. The fourth-order valence-corrected chi connectivity index (χ4v) is 4.52. The van der Waals surface area contributed by atoms with E-state index in [2.05, 4.69) is 4.98 Å². The summed E-state index contributed by atoms with van der Waals surface area (Å²) in [7, 11) is -3.51. The Morgan fingerprint density at radius 3 is 2.67 bits per heavy atom. The highest BCUT2D eigenvalue weighted by atomic mass is 32.2. The first kappa shape index (κ1) is 18.6. The predicted octanol–water partition coefficient (Wildman–Crippen LogP) is 3.55. The number of nitrogens with zero attached hydrogens (tertiary/aromatic N) is 1. The summed E-state index contributed by atoms with van der Waals surface area (Å²) in [4.78, 5) is 4.89. The van der Waals surface area contributed by atoms with Crippen LogP contribution in [0.4, 0.5) is 0 Å². The third-order valence-corrected chi connectivity index (χ3v) is 6.73. The molecular formula is C21H25NO4S. The Balaban J connectivity index is 1.57. The summed E-state index contributed by atoms with van der Waals surface area (Å²) in [6.07, 6.45) is 6.18. The predicted molar refractivity (Wildman–Crippen MR) is 103 cm³/mol. The number of aryl methyl sites for hydroxylation is 1. The number of ether oxygens (including phenoxy) is 2. The number of pyridine rings is 1. The molecule has 2 aliphatic rings. The minimum Gasteiger partial charge on any atom is -0.378 e. The standard InChI is InChI=1S/C21H25NO4S/c1-15-10-17(12-22-20(15)11-18-8-9-26-18)19-4-2-3-5-21(19)27(23,24)14-25-13-16-6-7-16/h2-5,10,12,16,18H,6-9,11,13-14H2,1H3. The molecule has 0 spiro atoms. The Morgan fingerprint density at radius 1 is 1.22 bits per heavy atom. The van der Waals surface area contributed by atoms with Crippen LogP contribution in [0.25, 0.3) is 11.1 Å². The molecule has 1 aromatic heterocycles. The monoisotopic (exact) mass is 387 g/mol. The third-order valence-electron chi connectivity index (χ3n) is 5.22. The molecule has 5 nitrogen and oxygen atoms in total. The number of hydrogen-bond donors (Lipinski definition) is 0. The van der Waals surface area contributed by atoms with Gasteiger partial charge in [0.05, 0.1) is 17.6 Å². The molecular weight excluding hydrogens is 362 g/mol. The second kappa shape index (κ2) is 7.70. The van der Waals surface area contributed by atoms with Crippen LogP contribution in [-0.4, -0.2) is 38.7 Å². The highest BCUT2D eigenvalue weighted by Crippen LogP contribution is 2.31. The van der Waals surface area contributed by atoms with Crippen molar-refractivity contribution in [2.45, 2.75) is 43.6 Å². The SMILES string of the molecule is Cc1cc(-c2ccccc2S(=O)(=O)COCC2CC2)cnc1CC1CCO1. The molecule has 27 heavy (non-hydrogen) atoms. The maximum atomic E-state index is 12.8. The van der Waals surface area contributed by atoms with E-state index in [1.807, 2.05) is 25.1 Å². The highest BCUT2D eigenvalue weighted by molar-refractivity contribution is 7.91. The van der Waals surface area contributed by atoms with Crippen LogP contribution in [-0.2, 0) is 25.7 Å². The maximum Gasteiger partial charge on any atom is 0.202 e. The molecule has 1 saturated carbocycles. The Hall–Kier alpha value is -1.76. The molecule has 0 amide bonds. The van der Waals surface area contributed by atoms with Crippen LogP contribution >= 0.6 is 0 Å². The van der Waals surface area contributed by atoms with Gasteiger partial charge in [0.1, 0.15) is 0 Å². The van der Waals surface area contributed by atoms with Crippen molar-refractivity contribution in [3.05, 3.63) is 47.8 Å². The molecule has 144 valence electrons. The summed E-state index contributed by atoms with van der Waals surface area (Å²) in [5, 5.41) is 0. The van der Waals surface area contributed by atoms with Crippen molar-refractivity contribution >= 4 is 9.84 Å². The zero-order chi connectivity index (χ0) is 18.9. The van der Waals surface area contributed by atoms with E-state index in [1.54, 1.807) is 18.3 Å². The zero-order valence-electron chi connectivity index (χ0n) is 15.6. The van der Waals surface area contributed by atoms with Crippen molar-refractivity contribution in [3.8, 4) is 11.1 Å². The van der Waals surface area contributed by atoms with Crippen LogP contribution < -0.4 is 0 Å². The molecule has 0 radical (unpaired) electrons. The Morgan fingerprint density at radius 2 is 2.00 bits per heavy atom. The van der Waals surface area contributed by atoms with Crippen molar-refractivity contribution in [1.82, 2.24) is 4.98 Å². The minimum atomic E-state index is -3.51. The zero-order valence-corrected chi connectivity index (χ0v) is 16.4. The van der Waals surface area contributed by atoms with Gasteiger partial charge in [-0.3, -0.25) is 4.98 Å². The van der Waals surface area contributed by atoms with Gasteiger partial charge in [-0.15, -0.1) is 0 Å². The molecule has 2 heterocycles. The fraction of sp³-hybridized carbons (Fsp3) is 0.476. The Bertz CT molecular complexity index is 918. The molecule has 2 fully saturated rings. The molecule has 1 saturated heterocycles. The van der Waals surface area contributed by atoms with Crippen LogP contribution in [0.1, 0.15) is 30.5 Å². The van der Waals surface area contributed by atoms with Gasteiger partial charge in [0.2, 0.25) is 9.84 Å². The van der Waals surface area contributed by atoms with Crippen LogP contribution in [0.5, 0.6) is 0 Å². The first-order chi connectivity index (χ1) is 13.0. The fourth-order valence-electron chi connectivity index (χ4n) is 3.27. The van der Waals surface area contributed by atoms with Gasteiger partial charge in [-0.2, -0.15) is 0 Å². The lowest BCUT2D eigenvalue weighted by Gasteiger charge is -2.26. The number of rotatable bonds is 8. The molecule has 6 heteroatoms. The first-order valence-corrected chi connectivity index (χ1v) is 11.2. The van der Waals surface area contributed by atoms with Crippen molar-refractivity contribution in [2.75, 3.05) is 19.2 Å². The van der Waals surface area contributed by atoms with Crippen molar-refractivity contribution < 1.29 is 17.9 Å². The number of hydrogen-bond acceptors (Lipinski definition) is 5. The normalized spacial score (nSPS) is 19.7. The lowest BCUT2D eigenvalue weighted by Crippen LogP contribution is -2.29. The van der Waals surface area contributed by atoms with Crippen LogP contribution in [0.15, 0.2) is 41.4 Å². The molecule has 0 bridgehead atoms. The van der Waals surface area contributed by atoms with Gasteiger partial charge in [0.25, 0.3) is 0 Å². The van der Waals surface area contributed by atoms with E-state index in [-0.39, 0.29) is 12.0 Å². The molecule has 2 aromatic rings. The van der Waals surface area contributed by atoms with Gasteiger partial charge >= 0.3 is 0 Å². The van der Waals surface area contributed by atoms with Gasteiger partial charge in [-0.1, -0.05) is 18.2 Å². The minimum absolute atomic E-state index is 0.262. The summed E-state index contributed by atoms with van der Waals surface area (Å²) in [5.74, 6) is 0.263. The molecule has 4 rings (SSSR count). The number of benzene rings is 1. The van der Waals surface area contributed by atoms with Gasteiger partial charge < -0.3 is 9.47 Å². The summed E-state index contributed by atoms with van der Waals surface area (Å²) in [5.41, 5.74) is 3.55. The van der Waals surface area contributed by atoms with E-state index >= 15 is 0 Å². The lowest BCUT2D eigenvalue weighted by molar-refractivity contribution is -0.0497. The van der Waals surface area contributed by atoms with Crippen molar-refractivity contribution in [3.63, 3.8) is 0 Å². The van der Waals surface area contributed by atoms with Crippen LogP contribution in [0.3, 0.4) is 0 Å². The molecule has 0 N–H and O–H groups in total. The van der Waals surface area contributed by atoms with Crippen molar-refractivity contribution in [2.24, 2.45) is 5.92 Å². The number of sulfone groups is 1. The second-order valence-corrected chi connectivity index (χ2v) is 9.42. The summed E-state index contributed by atoms with van der Waals surface area (Å²) in [6, 6.07) is 9.10. The van der Waals surface area contributed by atoms with E-state index in [0.717, 1.165) is 49.1 Å². The van der Waals surface area contributed by atoms with E-state index in [4.69, 9.17) is 9.47 Å². The summed E-state index contributed by atoms with van der Waals surface area (Å²) >= 11 is 0. The molecule has 1 aromatic carbocycles. The largest absolute Gasteiger partial charge is 0.378 e. The molecule has 1 atom stereocenters. The number of aromatic nitrogens is 1. The van der Waals surface area contributed by atoms with Crippen LogP contribution in [0.2, 0.25) is 0 Å². The average molecular weight is 388 g/mol.